The fraction of sp³-hybridized carbons (Fsp3) is 0.400. The molecule has 0 atom stereocenters. The first kappa shape index (κ1) is 22.6. The van der Waals surface area contributed by atoms with Crippen LogP contribution in [0.1, 0.15) is 36.0 Å². The largest absolute Gasteiger partial charge is 0.493 e. The van der Waals surface area contributed by atoms with Gasteiger partial charge in [0.15, 0.2) is 30.5 Å². The lowest BCUT2D eigenvalue weighted by Crippen LogP contribution is -2.40. The van der Waals surface area contributed by atoms with Crippen molar-refractivity contribution < 1.29 is 28.6 Å². The van der Waals surface area contributed by atoms with Gasteiger partial charge < -0.3 is 24.4 Å². The maximum Gasteiger partial charge on any atom is 0.265 e. The third-order valence-electron chi connectivity index (χ3n) is 5.72. The van der Waals surface area contributed by atoms with Crippen LogP contribution < -0.4 is 24.4 Å². The van der Waals surface area contributed by atoms with Crippen LogP contribution in [0.5, 0.6) is 17.2 Å². The maximum atomic E-state index is 12.8. The van der Waals surface area contributed by atoms with E-state index in [1.165, 1.54) is 20.0 Å². The quantitative estimate of drug-likeness (QED) is 0.527. The highest BCUT2D eigenvalue weighted by molar-refractivity contribution is 6.02. The summed E-state index contributed by atoms with van der Waals surface area (Å²) in [6.45, 7) is 0.877. The number of carbonyl (C=O) groups excluding carboxylic acids is 3. The summed E-state index contributed by atoms with van der Waals surface area (Å²) >= 11 is 0. The van der Waals surface area contributed by atoms with E-state index in [0.717, 1.165) is 6.54 Å². The molecule has 1 N–H and O–H groups in total. The number of carbonyl (C=O) groups is 3. The van der Waals surface area contributed by atoms with Gasteiger partial charge in [-0.2, -0.15) is 0 Å². The van der Waals surface area contributed by atoms with Gasteiger partial charge in [-0.1, -0.05) is 12.1 Å². The number of amides is 2. The Kier molecular flexibility index (Phi) is 7.12. The second-order valence-corrected chi connectivity index (χ2v) is 8.23. The number of nitrogens with zero attached hydrogens (tertiary/aromatic N) is 1. The van der Waals surface area contributed by atoms with Crippen molar-refractivity contribution in [2.24, 2.45) is 5.92 Å². The van der Waals surface area contributed by atoms with Crippen molar-refractivity contribution in [3.8, 4) is 17.2 Å². The minimum absolute atomic E-state index is 0.000231. The Morgan fingerprint density at radius 1 is 1.15 bits per heavy atom. The Morgan fingerprint density at radius 3 is 2.70 bits per heavy atom. The average Bonchev–Trinajstić information content (AvgIpc) is 3.67. The highest BCUT2D eigenvalue weighted by atomic mass is 16.5. The van der Waals surface area contributed by atoms with E-state index >= 15 is 0 Å². The van der Waals surface area contributed by atoms with Crippen molar-refractivity contribution >= 4 is 23.3 Å². The van der Waals surface area contributed by atoms with Gasteiger partial charge >= 0.3 is 0 Å². The van der Waals surface area contributed by atoms with Crippen LogP contribution in [0, 0.1) is 5.92 Å². The molecule has 1 aliphatic heterocycles. The predicted octanol–water partition coefficient (Wildman–Crippen LogP) is 2.99. The molecule has 0 radical (unpaired) electrons. The summed E-state index contributed by atoms with van der Waals surface area (Å²) in [7, 11) is 1.54. The molecular formula is C25H28N2O6. The molecule has 0 aromatic heterocycles. The minimum atomic E-state index is -0.235. The number of nitrogens with one attached hydrogen (secondary N) is 1. The summed E-state index contributed by atoms with van der Waals surface area (Å²) < 4.78 is 16.4. The van der Waals surface area contributed by atoms with E-state index in [9.17, 15) is 14.4 Å². The Bertz CT molecular complexity index is 1030. The van der Waals surface area contributed by atoms with Crippen LogP contribution in [0.3, 0.4) is 0 Å². The van der Waals surface area contributed by atoms with Gasteiger partial charge in [-0.05, 0) is 55.5 Å². The summed E-state index contributed by atoms with van der Waals surface area (Å²) in [4.78, 5) is 38.9. The van der Waals surface area contributed by atoms with Gasteiger partial charge in [0.05, 0.1) is 12.8 Å². The van der Waals surface area contributed by atoms with E-state index < -0.39 is 0 Å². The van der Waals surface area contributed by atoms with Crippen LogP contribution in [-0.2, 0) is 9.59 Å². The molecule has 1 aliphatic carbocycles. The molecule has 174 valence electrons. The zero-order chi connectivity index (χ0) is 23.2. The Balaban J connectivity index is 1.38. The van der Waals surface area contributed by atoms with Gasteiger partial charge in [0.25, 0.3) is 5.91 Å². The molecule has 2 aromatic carbocycles. The van der Waals surface area contributed by atoms with Crippen LogP contribution in [0.15, 0.2) is 42.5 Å². The van der Waals surface area contributed by atoms with Crippen molar-refractivity contribution in [1.29, 1.82) is 0 Å². The summed E-state index contributed by atoms with van der Waals surface area (Å²) in [5.41, 5.74) is 0.946. The van der Waals surface area contributed by atoms with Crippen molar-refractivity contribution in [3.63, 3.8) is 0 Å². The SMILES string of the molecule is COc1ccccc1OCC(=O)c1ccc2c(c1)N(CCCC(=O)NCC1CC1)C(=O)CO2. The first-order valence-electron chi connectivity index (χ1n) is 11.2. The van der Waals surface area contributed by atoms with Gasteiger partial charge in [0.2, 0.25) is 5.91 Å². The maximum absolute atomic E-state index is 12.8. The second kappa shape index (κ2) is 10.4. The van der Waals surface area contributed by atoms with E-state index in [4.69, 9.17) is 14.2 Å². The van der Waals surface area contributed by atoms with E-state index in [2.05, 4.69) is 5.32 Å². The number of rotatable bonds is 11. The van der Waals surface area contributed by atoms with Crippen LogP contribution in [0.4, 0.5) is 5.69 Å². The molecule has 2 aliphatic rings. The standard InChI is InChI=1S/C25H28N2O6/c1-31-22-5-2-3-6-23(22)32-15-20(28)18-10-11-21-19(13-18)27(25(30)16-33-21)12-4-7-24(29)26-14-17-8-9-17/h2-3,5-6,10-11,13,17H,4,7-9,12,14-16H2,1H3,(H,26,29). The first-order valence-corrected chi connectivity index (χ1v) is 11.2. The summed E-state index contributed by atoms with van der Waals surface area (Å²) in [6.07, 6.45) is 3.24. The average molecular weight is 453 g/mol. The van der Waals surface area contributed by atoms with Crippen LogP contribution in [-0.4, -0.2) is 51.0 Å². The number of hydrogen-bond acceptors (Lipinski definition) is 6. The van der Waals surface area contributed by atoms with E-state index in [0.29, 0.717) is 53.8 Å². The predicted molar refractivity (Wildman–Crippen MR) is 122 cm³/mol. The fourth-order valence-corrected chi connectivity index (χ4v) is 3.65. The van der Waals surface area contributed by atoms with Gasteiger partial charge in [-0.25, -0.2) is 0 Å². The number of hydrogen-bond donors (Lipinski definition) is 1. The highest BCUT2D eigenvalue weighted by Gasteiger charge is 2.27. The molecular weight excluding hydrogens is 424 g/mol. The zero-order valence-electron chi connectivity index (χ0n) is 18.7. The molecule has 4 rings (SSSR count). The lowest BCUT2D eigenvalue weighted by atomic mass is 10.1. The van der Waals surface area contributed by atoms with Gasteiger partial charge in [-0.15, -0.1) is 0 Å². The Labute approximate surface area is 192 Å². The van der Waals surface area contributed by atoms with Crippen LogP contribution in [0.25, 0.3) is 0 Å². The molecule has 0 bridgehead atoms. The molecule has 1 heterocycles. The smallest absolute Gasteiger partial charge is 0.265 e. The van der Waals surface area contributed by atoms with Crippen LogP contribution >= 0.6 is 0 Å². The molecule has 0 saturated heterocycles. The minimum Gasteiger partial charge on any atom is -0.493 e. The molecule has 1 saturated carbocycles. The Morgan fingerprint density at radius 2 is 1.94 bits per heavy atom. The lowest BCUT2D eigenvalue weighted by Gasteiger charge is -2.29. The second-order valence-electron chi connectivity index (χ2n) is 8.23. The van der Waals surface area contributed by atoms with Crippen molar-refractivity contribution in [2.45, 2.75) is 25.7 Å². The van der Waals surface area contributed by atoms with Crippen molar-refractivity contribution in [3.05, 3.63) is 48.0 Å². The van der Waals surface area contributed by atoms with Crippen molar-refractivity contribution in [2.75, 3.05) is 38.3 Å². The summed E-state index contributed by atoms with van der Waals surface area (Å²) in [5, 5.41) is 2.94. The highest BCUT2D eigenvalue weighted by Crippen LogP contribution is 2.34. The van der Waals surface area contributed by atoms with E-state index in [1.807, 2.05) is 6.07 Å². The third kappa shape index (κ3) is 5.83. The number of methoxy groups -OCH3 is 1. The lowest BCUT2D eigenvalue weighted by molar-refractivity contribution is -0.122. The Hall–Kier alpha value is -3.55. The monoisotopic (exact) mass is 452 g/mol. The molecule has 8 heteroatoms. The molecule has 1 fully saturated rings. The van der Waals surface area contributed by atoms with E-state index in [1.54, 1.807) is 41.3 Å². The number of ether oxygens (including phenoxy) is 3. The molecule has 2 amide bonds. The molecule has 33 heavy (non-hydrogen) atoms. The number of benzene rings is 2. The summed E-state index contributed by atoms with van der Waals surface area (Å²) in [5.74, 6) is 1.75. The van der Waals surface area contributed by atoms with Crippen LogP contribution in [0.2, 0.25) is 0 Å². The number of ketones is 1. The van der Waals surface area contributed by atoms with E-state index in [-0.39, 0.29) is 30.8 Å². The number of fused-ring (bicyclic) bond motifs is 1. The number of para-hydroxylation sites is 2. The molecule has 8 nitrogen and oxygen atoms in total. The third-order valence-corrected chi connectivity index (χ3v) is 5.72. The molecule has 0 spiro atoms. The first-order chi connectivity index (χ1) is 16.0. The molecule has 0 unspecified atom stereocenters. The number of anilines is 1. The van der Waals surface area contributed by atoms with Gasteiger partial charge in [-0.3, -0.25) is 14.4 Å². The topological polar surface area (TPSA) is 94.2 Å². The summed E-state index contributed by atoms with van der Waals surface area (Å²) in [6, 6.07) is 12.1. The zero-order valence-corrected chi connectivity index (χ0v) is 18.7. The van der Waals surface area contributed by atoms with Gasteiger partial charge in [0, 0.05) is 25.1 Å². The van der Waals surface area contributed by atoms with Crippen molar-refractivity contribution in [1.82, 2.24) is 5.32 Å². The van der Waals surface area contributed by atoms with Gasteiger partial charge in [0.1, 0.15) is 5.75 Å². The number of Topliss-reactive ketones (excluding diaryl/α,β-unsaturated/α-hetero) is 1. The fourth-order valence-electron chi connectivity index (χ4n) is 3.65. The normalized spacial score (nSPS) is 14.8. The molecule has 2 aromatic rings.